The molecule has 1 fully saturated rings. The lowest BCUT2D eigenvalue weighted by Crippen LogP contribution is -2.42. The number of hydrogen-bond acceptors (Lipinski definition) is 4. The number of nitrogens with one attached hydrogen (secondary N) is 2. The largest absolute Gasteiger partial charge is 0.465 e. The fourth-order valence-electron chi connectivity index (χ4n) is 3.02. The van der Waals surface area contributed by atoms with Crippen molar-refractivity contribution >= 4 is 47.7 Å². The van der Waals surface area contributed by atoms with Crippen molar-refractivity contribution in [2.45, 2.75) is 43.9 Å². The molecule has 26 heavy (non-hydrogen) atoms. The second-order valence-electron chi connectivity index (χ2n) is 6.21. The topological polar surface area (TPSA) is 62.7 Å². The van der Waals surface area contributed by atoms with Crippen LogP contribution in [0.15, 0.2) is 29.3 Å². The molecule has 0 amide bonds. The number of rotatable bonds is 7. The summed E-state index contributed by atoms with van der Waals surface area (Å²) in [6.07, 6.45) is 6.74. The van der Waals surface area contributed by atoms with Crippen molar-refractivity contribution in [2.24, 2.45) is 4.99 Å². The lowest BCUT2D eigenvalue weighted by Gasteiger charge is -2.17. The Morgan fingerprint density at radius 2 is 2.04 bits per heavy atom. The molecular formula is C19H30IN3O2S. The van der Waals surface area contributed by atoms with E-state index < -0.39 is 0 Å². The minimum Gasteiger partial charge on any atom is -0.465 e. The first-order chi connectivity index (χ1) is 12.2. The fraction of sp³-hybridized carbons (Fsp3) is 0.579. The number of benzene rings is 1. The van der Waals surface area contributed by atoms with Crippen molar-refractivity contribution in [3.63, 3.8) is 0 Å². The zero-order valence-electron chi connectivity index (χ0n) is 15.8. The summed E-state index contributed by atoms with van der Waals surface area (Å²) < 4.78 is 4.72. The highest BCUT2D eigenvalue weighted by Gasteiger charge is 2.24. The minimum absolute atomic E-state index is 0. The third-order valence-corrected chi connectivity index (χ3v) is 5.54. The molecule has 1 aliphatic rings. The zero-order valence-corrected chi connectivity index (χ0v) is 18.9. The van der Waals surface area contributed by atoms with E-state index in [0.29, 0.717) is 18.2 Å². The highest BCUT2D eigenvalue weighted by molar-refractivity contribution is 14.0. The Morgan fingerprint density at radius 3 is 2.62 bits per heavy atom. The Labute approximate surface area is 178 Å². The summed E-state index contributed by atoms with van der Waals surface area (Å²) in [6, 6.07) is 8.05. The number of nitrogens with zero attached hydrogens (tertiary/aromatic N) is 1. The predicted molar refractivity (Wildman–Crippen MR) is 121 cm³/mol. The van der Waals surface area contributed by atoms with Gasteiger partial charge in [-0.25, -0.2) is 4.79 Å². The summed E-state index contributed by atoms with van der Waals surface area (Å²) >= 11 is 1.96. The van der Waals surface area contributed by atoms with E-state index in [1.54, 1.807) is 12.1 Å². The molecule has 1 aromatic rings. The van der Waals surface area contributed by atoms with Crippen LogP contribution in [-0.4, -0.2) is 49.7 Å². The monoisotopic (exact) mass is 491 g/mol. The summed E-state index contributed by atoms with van der Waals surface area (Å²) in [4.78, 5) is 16.1. The quantitative estimate of drug-likeness (QED) is 0.265. The van der Waals surface area contributed by atoms with E-state index in [-0.39, 0.29) is 29.9 Å². The number of halogens is 1. The maximum Gasteiger partial charge on any atom is 0.337 e. The molecule has 2 atom stereocenters. The molecular weight excluding hydrogens is 461 g/mol. The SMILES string of the molecule is CCNC(=NCCc1ccc(C(=O)OC)cc1)NC1CCC(SC)C1.I. The van der Waals surface area contributed by atoms with Gasteiger partial charge in [0.25, 0.3) is 0 Å². The Balaban J connectivity index is 0.00000338. The first-order valence-electron chi connectivity index (χ1n) is 8.91. The molecule has 5 nitrogen and oxygen atoms in total. The average Bonchev–Trinajstić information content (AvgIpc) is 3.09. The third-order valence-electron chi connectivity index (χ3n) is 4.45. The molecule has 0 bridgehead atoms. The van der Waals surface area contributed by atoms with E-state index in [1.165, 1.54) is 26.4 Å². The Morgan fingerprint density at radius 1 is 1.31 bits per heavy atom. The lowest BCUT2D eigenvalue weighted by atomic mass is 10.1. The smallest absolute Gasteiger partial charge is 0.337 e. The Hall–Kier alpha value is -0.960. The summed E-state index contributed by atoms with van der Waals surface area (Å²) in [7, 11) is 1.39. The molecule has 2 unspecified atom stereocenters. The summed E-state index contributed by atoms with van der Waals surface area (Å²) in [5.74, 6) is 0.601. The van der Waals surface area contributed by atoms with Gasteiger partial charge in [0.05, 0.1) is 12.7 Å². The number of esters is 1. The first-order valence-corrected chi connectivity index (χ1v) is 10.2. The van der Waals surface area contributed by atoms with Crippen LogP contribution in [0.3, 0.4) is 0 Å². The van der Waals surface area contributed by atoms with Crippen molar-refractivity contribution in [3.8, 4) is 0 Å². The number of thioether (sulfide) groups is 1. The van der Waals surface area contributed by atoms with Gasteiger partial charge in [0, 0.05) is 24.4 Å². The number of methoxy groups -OCH3 is 1. The van der Waals surface area contributed by atoms with Gasteiger partial charge in [-0.3, -0.25) is 4.99 Å². The van der Waals surface area contributed by atoms with Crippen LogP contribution in [0, 0.1) is 0 Å². The number of guanidine groups is 1. The molecule has 7 heteroatoms. The van der Waals surface area contributed by atoms with Gasteiger partial charge in [-0.2, -0.15) is 11.8 Å². The maximum atomic E-state index is 11.4. The summed E-state index contributed by atoms with van der Waals surface area (Å²) in [5, 5.41) is 7.67. The van der Waals surface area contributed by atoms with Crippen LogP contribution in [0.1, 0.15) is 42.1 Å². The van der Waals surface area contributed by atoms with Gasteiger partial charge in [0.15, 0.2) is 5.96 Å². The van der Waals surface area contributed by atoms with Crippen LogP contribution in [0.5, 0.6) is 0 Å². The predicted octanol–water partition coefficient (Wildman–Crippen LogP) is 3.47. The Kier molecular flexibility index (Phi) is 11.0. The van der Waals surface area contributed by atoms with Crippen LogP contribution in [0.2, 0.25) is 0 Å². The second-order valence-corrected chi connectivity index (χ2v) is 7.35. The molecule has 0 saturated heterocycles. The van der Waals surface area contributed by atoms with E-state index in [9.17, 15) is 4.79 Å². The van der Waals surface area contributed by atoms with Gasteiger partial charge in [-0.1, -0.05) is 12.1 Å². The molecule has 1 saturated carbocycles. The van der Waals surface area contributed by atoms with E-state index in [0.717, 1.165) is 29.7 Å². The van der Waals surface area contributed by atoms with Crippen molar-refractivity contribution in [3.05, 3.63) is 35.4 Å². The van der Waals surface area contributed by atoms with Gasteiger partial charge < -0.3 is 15.4 Å². The van der Waals surface area contributed by atoms with Gasteiger partial charge in [-0.15, -0.1) is 24.0 Å². The van der Waals surface area contributed by atoms with Crippen molar-refractivity contribution in [1.29, 1.82) is 0 Å². The lowest BCUT2D eigenvalue weighted by molar-refractivity contribution is 0.0600. The van der Waals surface area contributed by atoms with E-state index in [1.807, 2.05) is 23.9 Å². The van der Waals surface area contributed by atoms with Gasteiger partial charge in [0.1, 0.15) is 0 Å². The molecule has 1 aromatic carbocycles. The molecule has 0 aliphatic heterocycles. The standard InChI is InChI=1S/C19H29N3O2S.HI/c1-4-20-19(22-16-9-10-17(13-16)25-3)21-12-11-14-5-7-15(8-6-14)18(23)24-2;/h5-8,16-17H,4,9-13H2,1-3H3,(H2,20,21,22);1H. The number of carbonyl (C=O) groups excluding carboxylic acids is 1. The summed E-state index contributed by atoms with van der Waals surface area (Å²) in [5.41, 5.74) is 1.74. The molecule has 0 radical (unpaired) electrons. The van der Waals surface area contributed by atoms with Crippen molar-refractivity contribution in [1.82, 2.24) is 10.6 Å². The maximum absolute atomic E-state index is 11.4. The molecule has 0 heterocycles. The van der Waals surface area contributed by atoms with Gasteiger partial charge >= 0.3 is 5.97 Å². The second kappa shape index (κ2) is 12.4. The van der Waals surface area contributed by atoms with Gasteiger partial charge in [-0.05, 0) is 56.6 Å². The summed E-state index contributed by atoms with van der Waals surface area (Å²) in [6.45, 7) is 3.66. The number of carbonyl (C=O) groups is 1. The van der Waals surface area contributed by atoms with Gasteiger partial charge in [0.2, 0.25) is 0 Å². The van der Waals surface area contributed by atoms with E-state index >= 15 is 0 Å². The number of aliphatic imine (C=N–C) groups is 1. The van der Waals surface area contributed by atoms with Crippen LogP contribution in [0.4, 0.5) is 0 Å². The van der Waals surface area contributed by atoms with Crippen LogP contribution in [0.25, 0.3) is 0 Å². The normalized spacial score (nSPS) is 19.6. The van der Waals surface area contributed by atoms with Crippen molar-refractivity contribution in [2.75, 3.05) is 26.5 Å². The van der Waals surface area contributed by atoms with Crippen LogP contribution in [-0.2, 0) is 11.2 Å². The highest BCUT2D eigenvalue weighted by Crippen LogP contribution is 2.27. The molecule has 0 aromatic heterocycles. The highest BCUT2D eigenvalue weighted by atomic mass is 127. The van der Waals surface area contributed by atoms with E-state index in [4.69, 9.17) is 9.73 Å². The number of hydrogen-bond donors (Lipinski definition) is 2. The molecule has 2 rings (SSSR count). The van der Waals surface area contributed by atoms with Crippen LogP contribution >= 0.6 is 35.7 Å². The first kappa shape index (κ1) is 23.1. The van der Waals surface area contributed by atoms with Crippen molar-refractivity contribution < 1.29 is 9.53 Å². The molecule has 0 spiro atoms. The Bertz CT molecular complexity index is 581. The fourth-order valence-corrected chi connectivity index (χ4v) is 3.82. The van der Waals surface area contributed by atoms with Crippen LogP contribution < -0.4 is 10.6 Å². The number of ether oxygens (including phenoxy) is 1. The molecule has 146 valence electrons. The zero-order chi connectivity index (χ0) is 18.1. The third kappa shape index (κ3) is 7.34. The molecule has 2 N–H and O–H groups in total. The minimum atomic E-state index is -0.302. The molecule has 1 aliphatic carbocycles. The van der Waals surface area contributed by atoms with E-state index in [2.05, 4.69) is 23.8 Å². The average molecular weight is 491 g/mol.